The Hall–Kier alpha value is -1.95. The van der Waals surface area contributed by atoms with E-state index in [-0.39, 0.29) is 12.4 Å². The summed E-state index contributed by atoms with van der Waals surface area (Å²) in [7, 11) is 0. The molecule has 0 aliphatic carbocycles. The number of benzene rings is 1. The van der Waals surface area contributed by atoms with Crippen LogP contribution in [0.2, 0.25) is 0 Å². The van der Waals surface area contributed by atoms with E-state index in [9.17, 15) is 14.5 Å². The minimum absolute atomic E-state index is 0.238. The predicted octanol–water partition coefficient (Wildman–Crippen LogP) is 1.78. The summed E-state index contributed by atoms with van der Waals surface area (Å²) in [6.45, 7) is 1.89. The van der Waals surface area contributed by atoms with Crippen molar-refractivity contribution in [2.75, 3.05) is 19.8 Å². The number of halogens is 1. The summed E-state index contributed by atoms with van der Waals surface area (Å²) in [5.41, 5.74) is 1.45. The molecule has 1 aliphatic heterocycles. The number of hydrogen-bond donors (Lipinski definition) is 0. The van der Waals surface area contributed by atoms with Crippen molar-refractivity contribution >= 4 is 0 Å². The summed E-state index contributed by atoms with van der Waals surface area (Å²) < 4.78 is 18.0. The topological polar surface area (TPSA) is 55.6 Å². The fraction of sp³-hybridized carbons (Fsp3) is 0.333. The standard InChI is InChI=1S/C12H13FN2O3/c13-11-3-1-10(2-4-11)7-14-5-6-18-9-12(14)8-15(16)17/h1-4,8H,5-7,9H2. The van der Waals surface area contributed by atoms with E-state index in [2.05, 4.69) is 0 Å². The zero-order chi connectivity index (χ0) is 13.0. The molecule has 0 atom stereocenters. The van der Waals surface area contributed by atoms with E-state index in [4.69, 9.17) is 4.74 Å². The van der Waals surface area contributed by atoms with Gasteiger partial charge in [-0.1, -0.05) is 12.1 Å². The highest BCUT2D eigenvalue weighted by atomic mass is 19.1. The Kier molecular flexibility index (Phi) is 3.88. The molecule has 0 bridgehead atoms. The van der Waals surface area contributed by atoms with Gasteiger partial charge in [0.25, 0.3) is 6.20 Å². The molecule has 1 fully saturated rings. The molecule has 0 spiro atoms. The third-order valence-electron chi connectivity index (χ3n) is 2.70. The van der Waals surface area contributed by atoms with Crippen molar-refractivity contribution in [3.63, 3.8) is 0 Å². The van der Waals surface area contributed by atoms with Crippen molar-refractivity contribution in [3.05, 3.63) is 57.7 Å². The van der Waals surface area contributed by atoms with E-state index in [1.165, 1.54) is 12.1 Å². The molecule has 0 aromatic heterocycles. The Labute approximate surface area is 104 Å². The van der Waals surface area contributed by atoms with Gasteiger partial charge in [0.15, 0.2) is 0 Å². The second-order valence-corrected chi connectivity index (χ2v) is 4.01. The van der Waals surface area contributed by atoms with Gasteiger partial charge in [-0.2, -0.15) is 0 Å². The molecular formula is C12H13FN2O3. The average Bonchev–Trinajstić information content (AvgIpc) is 2.34. The van der Waals surface area contributed by atoms with Gasteiger partial charge in [0.05, 0.1) is 18.1 Å². The van der Waals surface area contributed by atoms with Crippen molar-refractivity contribution in [1.82, 2.24) is 4.90 Å². The predicted molar refractivity (Wildman–Crippen MR) is 62.7 cm³/mol. The molecule has 1 heterocycles. The van der Waals surface area contributed by atoms with Gasteiger partial charge in [-0.05, 0) is 17.7 Å². The molecule has 0 unspecified atom stereocenters. The van der Waals surface area contributed by atoms with Gasteiger partial charge < -0.3 is 9.64 Å². The van der Waals surface area contributed by atoms with E-state index < -0.39 is 4.92 Å². The van der Waals surface area contributed by atoms with Crippen LogP contribution in [-0.2, 0) is 11.3 Å². The summed E-state index contributed by atoms with van der Waals surface area (Å²) in [5.74, 6) is -0.290. The molecule has 18 heavy (non-hydrogen) atoms. The zero-order valence-electron chi connectivity index (χ0n) is 9.71. The molecule has 96 valence electrons. The Morgan fingerprint density at radius 3 is 2.83 bits per heavy atom. The van der Waals surface area contributed by atoms with Gasteiger partial charge >= 0.3 is 0 Å². The number of rotatable bonds is 3. The van der Waals surface area contributed by atoms with Crippen LogP contribution in [0.15, 0.2) is 36.2 Å². The fourth-order valence-corrected chi connectivity index (χ4v) is 1.82. The molecule has 0 N–H and O–H groups in total. The lowest BCUT2D eigenvalue weighted by atomic mass is 10.2. The van der Waals surface area contributed by atoms with Gasteiger partial charge in [0, 0.05) is 13.1 Å². The van der Waals surface area contributed by atoms with Crippen molar-refractivity contribution in [2.24, 2.45) is 0 Å². The second-order valence-electron chi connectivity index (χ2n) is 4.01. The summed E-state index contributed by atoms with van der Waals surface area (Å²) in [5, 5.41) is 10.5. The van der Waals surface area contributed by atoms with Gasteiger partial charge in [-0.3, -0.25) is 10.1 Å². The van der Waals surface area contributed by atoms with E-state index in [1.54, 1.807) is 12.1 Å². The van der Waals surface area contributed by atoms with Crippen LogP contribution in [-0.4, -0.2) is 29.6 Å². The smallest absolute Gasteiger partial charge is 0.255 e. The van der Waals surface area contributed by atoms with Crippen molar-refractivity contribution in [2.45, 2.75) is 6.54 Å². The summed E-state index contributed by atoms with van der Waals surface area (Å²) in [6, 6.07) is 6.11. The minimum atomic E-state index is -0.484. The normalized spacial score (nSPS) is 18.1. The molecule has 1 aromatic carbocycles. The quantitative estimate of drug-likeness (QED) is 0.607. The number of nitrogens with zero attached hydrogens (tertiary/aromatic N) is 2. The van der Waals surface area contributed by atoms with E-state index in [0.29, 0.717) is 25.4 Å². The first-order valence-corrected chi connectivity index (χ1v) is 5.56. The van der Waals surface area contributed by atoms with Crippen LogP contribution in [0.5, 0.6) is 0 Å². The Morgan fingerprint density at radius 1 is 1.44 bits per heavy atom. The zero-order valence-corrected chi connectivity index (χ0v) is 9.71. The first-order valence-electron chi connectivity index (χ1n) is 5.56. The summed E-state index contributed by atoms with van der Waals surface area (Å²) in [6.07, 6.45) is 0.961. The van der Waals surface area contributed by atoms with Gasteiger partial charge in [-0.25, -0.2) is 4.39 Å². The van der Waals surface area contributed by atoms with Gasteiger partial charge in [0.1, 0.15) is 11.5 Å². The van der Waals surface area contributed by atoms with Crippen LogP contribution in [0.4, 0.5) is 4.39 Å². The Bertz CT molecular complexity index is 459. The lowest BCUT2D eigenvalue weighted by Gasteiger charge is -2.30. The molecule has 0 saturated carbocycles. The van der Waals surface area contributed by atoms with Gasteiger partial charge in [0.2, 0.25) is 0 Å². The number of morpholine rings is 1. The number of nitro groups is 1. The lowest BCUT2D eigenvalue weighted by Crippen LogP contribution is -2.34. The van der Waals surface area contributed by atoms with E-state index in [1.807, 2.05) is 4.90 Å². The van der Waals surface area contributed by atoms with Crippen molar-refractivity contribution < 1.29 is 14.1 Å². The highest BCUT2D eigenvalue weighted by Gasteiger charge is 2.18. The van der Waals surface area contributed by atoms with Crippen LogP contribution in [0.1, 0.15) is 5.56 Å². The summed E-state index contributed by atoms with van der Waals surface area (Å²) in [4.78, 5) is 11.9. The van der Waals surface area contributed by atoms with Crippen molar-refractivity contribution in [3.8, 4) is 0 Å². The maximum Gasteiger partial charge on any atom is 0.255 e. The molecule has 1 aliphatic rings. The van der Waals surface area contributed by atoms with Crippen LogP contribution >= 0.6 is 0 Å². The average molecular weight is 252 g/mol. The maximum atomic E-state index is 12.8. The molecule has 1 saturated heterocycles. The number of ether oxygens (including phenoxy) is 1. The largest absolute Gasteiger partial charge is 0.373 e. The highest BCUT2D eigenvalue weighted by Crippen LogP contribution is 2.15. The first kappa shape index (κ1) is 12.5. The number of hydrogen-bond acceptors (Lipinski definition) is 4. The molecule has 0 radical (unpaired) electrons. The Balaban J connectivity index is 2.10. The maximum absolute atomic E-state index is 12.8. The molecule has 5 nitrogen and oxygen atoms in total. The van der Waals surface area contributed by atoms with E-state index in [0.717, 1.165) is 11.8 Å². The minimum Gasteiger partial charge on any atom is -0.373 e. The van der Waals surface area contributed by atoms with Crippen molar-refractivity contribution in [1.29, 1.82) is 0 Å². The highest BCUT2D eigenvalue weighted by molar-refractivity contribution is 5.17. The van der Waals surface area contributed by atoms with Crippen LogP contribution in [0.25, 0.3) is 0 Å². The van der Waals surface area contributed by atoms with Crippen LogP contribution in [0.3, 0.4) is 0 Å². The fourth-order valence-electron chi connectivity index (χ4n) is 1.82. The molecule has 1 aromatic rings. The van der Waals surface area contributed by atoms with E-state index >= 15 is 0 Å². The third kappa shape index (κ3) is 3.27. The van der Waals surface area contributed by atoms with Crippen LogP contribution in [0, 0.1) is 15.9 Å². The molecular weight excluding hydrogens is 239 g/mol. The second kappa shape index (κ2) is 5.59. The third-order valence-corrected chi connectivity index (χ3v) is 2.70. The van der Waals surface area contributed by atoms with Crippen LogP contribution < -0.4 is 0 Å². The SMILES string of the molecule is O=[N+]([O-])C=C1COCCN1Cc1ccc(F)cc1. The first-order chi connectivity index (χ1) is 8.65. The molecule has 6 heteroatoms. The molecule has 2 rings (SSSR count). The lowest BCUT2D eigenvalue weighted by molar-refractivity contribution is -0.405. The monoisotopic (exact) mass is 252 g/mol. The Morgan fingerprint density at radius 2 is 2.17 bits per heavy atom. The van der Waals surface area contributed by atoms with Gasteiger partial charge in [-0.15, -0.1) is 0 Å². The summed E-state index contributed by atoms with van der Waals surface area (Å²) >= 11 is 0. The molecule has 0 amide bonds.